The number of morpholine rings is 1. The van der Waals surface area contributed by atoms with Gasteiger partial charge in [0.05, 0.1) is 19.3 Å². The van der Waals surface area contributed by atoms with E-state index < -0.39 is 0 Å². The second-order valence-electron chi connectivity index (χ2n) is 4.54. The highest BCUT2D eigenvalue weighted by Crippen LogP contribution is 2.04. The molecule has 0 spiro atoms. The molecule has 1 atom stereocenters. The van der Waals surface area contributed by atoms with Crippen LogP contribution in [0.4, 0.5) is 0 Å². The van der Waals surface area contributed by atoms with Crippen LogP contribution in [0.25, 0.3) is 0 Å². The second-order valence-corrected chi connectivity index (χ2v) is 4.54. The summed E-state index contributed by atoms with van der Waals surface area (Å²) in [5.41, 5.74) is 1.87. The summed E-state index contributed by atoms with van der Waals surface area (Å²) in [6.45, 7) is 8.82. The first-order valence-electron chi connectivity index (χ1n) is 5.72. The zero-order chi connectivity index (χ0) is 12.1. The summed E-state index contributed by atoms with van der Waals surface area (Å²) < 4.78 is 5.39. The molecule has 1 aliphatic heterocycles. The Morgan fingerprint density at radius 2 is 2.12 bits per heavy atom. The molecule has 0 saturated carbocycles. The summed E-state index contributed by atoms with van der Waals surface area (Å²) in [6.07, 6.45) is 0. The van der Waals surface area contributed by atoms with Crippen molar-refractivity contribution in [2.24, 2.45) is 0 Å². The maximum absolute atomic E-state index is 11.7. The third kappa shape index (κ3) is 3.61. The van der Waals surface area contributed by atoms with Gasteiger partial charge in [-0.1, -0.05) is 5.57 Å². The Bertz CT molecular complexity index is 283. The minimum atomic E-state index is 0.0268. The van der Waals surface area contributed by atoms with Crippen molar-refractivity contribution in [3.8, 4) is 0 Å². The topological polar surface area (TPSA) is 41.6 Å². The number of nitrogens with zero attached hydrogens (tertiary/aromatic N) is 1. The molecule has 1 fully saturated rings. The van der Waals surface area contributed by atoms with Crippen molar-refractivity contribution in [3.63, 3.8) is 0 Å². The number of carbonyl (C=O) groups is 1. The largest absolute Gasteiger partial charge is 0.378 e. The van der Waals surface area contributed by atoms with E-state index in [-0.39, 0.29) is 5.91 Å². The van der Waals surface area contributed by atoms with Crippen LogP contribution in [0.5, 0.6) is 0 Å². The Kier molecular flexibility index (Phi) is 4.96. The lowest BCUT2D eigenvalue weighted by atomic mass is 10.1. The van der Waals surface area contributed by atoms with E-state index in [2.05, 4.69) is 17.3 Å². The number of allylic oxidation sites excluding steroid dienone is 1. The molecule has 1 rings (SSSR count). The third-order valence-corrected chi connectivity index (χ3v) is 3.11. The molecule has 0 aromatic carbocycles. The first-order chi connectivity index (χ1) is 7.52. The number of likely N-dealkylation sites (N-methyl/N-ethyl adjacent to an activating group) is 1. The highest BCUT2D eigenvalue weighted by molar-refractivity contribution is 5.93. The van der Waals surface area contributed by atoms with Crippen LogP contribution < -0.4 is 5.32 Å². The average Bonchev–Trinajstić information content (AvgIpc) is 2.26. The van der Waals surface area contributed by atoms with Crippen molar-refractivity contribution in [1.82, 2.24) is 10.2 Å². The normalized spacial score (nSPS) is 21.6. The summed E-state index contributed by atoms with van der Waals surface area (Å²) >= 11 is 0. The summed E-state index contributed by atoms with van der Waals surface area (Å²) in [5, 5.41) is 2.95. The van der Waals surface area contributed by atoms with E-state index in [9.17, 15) is 4.79 Å². The zero-order valence-electron chi connectivity index (χ0n) is 10.7. The maximum atomic E-state index is 11.7. The number of hydrogen-bond acceptors (Lipinski definition) is 3. The van der Waals surface area contributed by atoms with Crippen LogP contribution in [0.1, 0.15) is 20.8 Å². The Balaban J connectivity index is 2.39. The van der Waals surface area contributed by atoms with Crippen LogP contribution in [0.2, 0.25) is 0 Å². The molecule has 1 heterocycles. The van der Waals surface area contributed by atoms with Gasteiger partial charge in [-0.05, 0) is 27.8 Å². The molecule has 0 radical (unpaired) electrons. The fourth-order valence-electron chi connectivity index (χ4n) is 1.52. The standard InChI is InChI=1S/C12H22N2O2/c1-9(2)10(3)12(15)13-7-11-8-16-6-5-14(11)4/h11H,5-8H2,1-4H3,(H,13,15). The lowest BCUT2D eigenvalue weighted by Gasteiger charge is -2.32. The lowest BCUT2D eigenvalue weighted by Crippen LogP contribution is -2.49. The van der Waals surface area contributed by atoms with Gasteiger partial charge in [0.25, 0.3) is 0 Å². The van der Waals surface area contributed by atoms with Gasteiger partial charge in [-0.3, -0.25) is 9.69 Å². The van der Waals surface area contributed by atoms with Gasteiger partial charge in [0.2, 0.25) is 5.91 Å². The molecule has 0 bridgehead atoms. The van der Waals surface area contributed by atoms with Crippen molar-refractivity contribution in [2.75, 3.05) is 33.4 Å². The van der Waals surface area contributed by atoms with E-state index >= 15 is 0 Å². The summed E-state index contributed by atoms with van der Waals surface area (Å²) in [5.74, 6) is 0.0268. The molecule has 1 aliphatic rings. The number of amides is 1. The molecule has 4 heteroatoms. The fourth-order valence-corrected chi connectivity index (χ4v) is 1.52. The van der Waals surface area contributed by atoms with Gasteiger partial charge in [-0.15, -0.1) is 0 Å². The van der Waals surface area contributed by atoms with Gasteiger partial charge in [0.1, 0.15) is 0 Å². The molecule has 1 unspecified atom stereocenters. The van der Waals surface area contributed by atoms with Crippen molar-refractivity contribution >= 4 is 5.91 Å². The molecule has 4 nitrogen and oxygen atoms in total. The Morgan fingerprint density at radius 1 is 1.44 bits per heavy atom. The molecule has 0 aromatic heterocycles. The van der Waals surface area contributed by atoms with Gasteiger partial charge >= 0.3 is 0 Å². The SMILES string of the molecule is CC(C)=C(C)C(=O)NCC1COCCN1C. The van der Waals surface area contributed by atoms with E-state index in [1.54, 1.807) is 0 Å². The predicted molar refractivity (Wildman–Crippen MR) is 64.3 cm³/mol. The van der Waals surface area contributed by atoms with Crippen LogP contribution in [-0.4, -0.2) is 50.2 Å². The molecule has 0 aliphatic carbocycles. The van der Waals surface area contributed by atoms with E-state index in [1.807, 2.05) is 20.8 Å². The Labute approximate surface area is 97.6 Å². The minimum absolute atomic E-state index is 0.0268. The fraction of sp³-hybridized carbons (Fsp3) is 0.750. The van der Waals surface area contributed by atoms with Crippen molar-refractivity contribution in [1.29, 1.82) is 0 Å². The van der Waals surface area contributed by atoms with Gasteiger partial charge < -0.3 is 10.1 Å². The number of hydrogen-bond donors (Lipinski definition) is 1. The number of carbonyl (C=O) groups excluding carboxylic acids is 1. The Hall–Kier alpha value is -0.870. The van der Waals surface area contributed by atoms with E-state index in [4.69, 9.17) is 4.74 Å². The minimum Gasteiger partial charge on any atom is -0.378 e. The number of nitrogens with one attached hydrogen (secondary N) is 1. The van der Waals surface area contributed by atoms with Crippen molar-refractivity contribution < 1.29 is 9.53 Å². The van der Waals surface area contributed by atoms with Crippen LogP contribution in [0.15, 0.2) is 11.1 Å². The summed E-state index contributed by atoms with van der Waals surface area (Å²) in [6, 6.07) is 0.294. The van der Waals surface area contributed by atoms with E-state index in [0.29, 0.717) is 19.2 Å². The average molecular weight is 226 g/mol. The molecule has 0 aromatic rings. The molecule has 1 amide bonds. The lowest BCUT2D eigenvalue weighted by molar-refractivity contribution is -0.118. The summed E-state index contributed by atoms with van der Waals surface area (Å²) in [7, 11) is 2.06. The van der Waals surface area contributed by atoms with Gasteiger partial charge in [-0.25, -0.2) is 0 Å². The van der Waals surface area contributed by atoms with Crippen LogP contribution >= 0.6 is 0 Å². The predicted octanol–water partition coefficient (Wildman–Crippen LogP) is 0.790. The zero-order valence-corrected chi connectivity index (χ0v) is 10.7. The van der Waals surface area contributed by atoms with Crippen LogP contribution in [0.3, 0.4) is 0 Å². The number of ether oxygens (including phenoxy) is 1. The van der Waals surface area contributed by atoms with Crippen molar-refractivity contribution in [2.45, 2.75) is 26.8 Å². The molecular weight excluding hydrogens is 204 g/mol. The maximum Gasteiger partial charge on any atom is 0.246 e. The van der Waals surface area contributed by atoms with Crippen LogP contribution in [0, 0.1) is 0 Å². The van der Waals surface area contributed by atoms with Gasteiger partial charge in [0, 0.05) is 18.7 Å². The highest BCUT2D eigenvalue weighted by atomic mass is 16.5. The molecule has 92 valence electrons. The quantitative estimate of drug-likeness (QED) is 0.723. The molecular formula is C12H22N2O2. The monoisotopic (exact) mass is 226 g/mol. The molecule has 16 heavy (non-hydrogen) atoms. The van der Waals surface area contributed by atoms with E-state index in [0.717, 1.165) is 24.3 Å². The molecule has 1 N–H and O–H groups in total. The highest BCUT2D eigenvalue weighted by Gasteiger charge is 2.20. The van der Waals surface area contributed by atoms with E-state index in [1.165, 1.54) is 0 Å². The third-order valence-electron chi connectivity index (χ3n) is 3.11. The van der Waals surface area contributed by atoms with Gasteiger partial charge in [0.15, 0.2) is 0 Å². The first kappa shape index (κ1) is 13.2. The first-order valence-corrected chi connectivity index (χ1v) is 5.72. The Morgan fingerprint density at radius 3 is 2.69 bits per heavy atom. The molecule has 1 saturated heterocycles. The second kappa shape index (κ2) is 6.01. The van der Waals surface area contributed by atoms with Gasteiger partial charge in [-0.2, -0.15) is 0 Å². The number of rotatable bonds is 3. The summed E-state index contributed by atoms with van der Waals surface area (Å²) in [4.78, 5) is 13.9. The smallest absolute Gasteiger partial charge is 0.246 e. The van der Waals surface area contributed by atoms with Crippen molar-refractivity contribution in [3.05, 3.63) is 11.1 Å². The van der Waals surface area contributed by atoms with Crippen LogP contribution in [-0.2, 0) is 9.53 Å².